The normalized spacial score (nSPS) is 10.4. The van der Waals surface area contributed by atoms with E-state index in [1.807, 2.05) is 18.2 Å². The van der Waals surface area contributed by atoms with E-state index in [9.17, 15) is 0 Å². The number of benzene rings is 1. The van der Waals surface area contributed by atoms with Crippen molar-refractivity contribution in [2.75, 3.05) is 0 Å². The van der Waals surface area contributed by atoms with E-state index in [0.29, 0.717) is 23.2 Å². The molecule has 0 fully saturated rings. The van der Waals surface area contributed by atoms with E-state index >= 15 is 0 Å². The molecule has 18 heavy (non-hydrogen) atoms. The lowest BCUT2D eigenvalue weighted by atomic mass is 10.3. The van der Waals surface area contributed by atoms with E-state index in [1.165, 1.54) is 0 Å². The van der Waals surface area contributed by atoms with Crippen LogP contribution in [0.3, 0.4) is 0 Å². The summed E-state index contributed by atoms with van der Waals surface area (Å²) in [7, 11) is 0. The zero-order chi connectivity index (χ0) is 13.1. The fourth-order valence-electron chi connectivity index (χ4n) is 1.31. The summed E-state index contributed by atoms with van der Waals surface area (Å²) in [5.41, 5.74) is 6.37. The molecule has 2 aromatic rings. The van der Waals surface area contributed by atoms with Crippen LogP contribution in [0.1, 0.15) is 5.56 Å². The molecule has 0 atom stereocenters. The molecule has 6 heteroatoms. The third-order valence-electron chi connectivity index (χ3n) is 2.20. The van der Waals surface area contributed by atoms with Crippen LogP contribution in [-0.2, 0) is 6.54 Å². The van der Waals surface area contributed by atoms with Crippen LogP contribution in [0.5, 0.6) is 11.6 Å². The molecule has 2 N–H and O–H groups in total. The second-order valence-corrected chi connectivity index (χ2v) is 5.69. The average Bonchev–Trinajstić information content (AvgIpc) is 2.34. The number of nitrogens with two attached hydrogens (primary N) is 1. The molecule has 0 amide bonds. The molecule has 0 aliphatic rings. The fraction of sp³-hybridized carbons (Fsp3) is 0.0833. The van der Waals surface area contributed by atoms with Crippen molar-refractivity contribution in [2.45, 2.75) is 6.54 Å². The Morgan fingerprint density at radius 3 is 2.67 bits per heavy atom. The highest BCUT2D eigenvalue weighted by molar-refractivity contribution is 9.11. The minimum absolute atomic E-state index is 0.358. The van der Waals surface area contributed by atoms with Gasteiger partial charge in [0.1, 0.15) is 10.8 Å². The Morgan fingerprint density at radius 1 is 1.28 bits per heavy atom. The highest BCUT2D eigenvalue weighted by atomic mass is 79.9. The Hall–Kier alpha value is -0.620. The Kier molecular flexibility index (Phi) is 4.61. The van der Waals surface area contributed by atoms with Gasteiger partial charge in [0.15, 0.2) is 0 Å². The molecule has 94 valence electrons. The van der Waals surface area contributed by atoms with E-state index in [0.717, 1.165) is 14.5 Å². The molecule has 3 nitrogen and oxygen atoms in total. The number of nitrogens with zero attached hydrogens (tertiary/aromatic N) is 1. The first-order chi connectivity index (χ1) is 8.60. The first-order valence-corrected chi connectivity index (χ1v) is 7.04. The number of aromatic nitrogens is 1. The fourth-order valence-corrected chi connectivity index (χ4v) is 2.67. The lowest BCUT2D eigenvalue weighted by Crippen LogP contribution is -1.98. The van der Waals surface area contributed by atoms with Gasteiger partial charge in [0.25, 0.3) is 0 Å². The van der Waals surface area contributed by atoms with E-state index < -0.39 is 0 Å². The second-order valence-electron chi connectivity index (χ2n) is 3.51. The van der Waals surface area contributed by atoms with Crippen molar-refractivity contribution < 1.29 is 4.74 Å². The van der Waals surface area contributed by atoms with Gasteiger partial charge < -0.3 is 10.5 Å². The average molecular weight is 392 g/mol. The number of halogens is 3. The monoisotopic (exact) mass is 390 g/mol. The number of hydrogen-bond donors (Lipinski definition) is 1. The molecule has 1 aromatic heterocycles. The zero-order valence-corrected chi connectivity index (χ0v) is 13.1. The third kappa shape index (κ3) is 3.23. The molecule has 0 aliphatic heterocycles. The minimum atomic E-state index is 0.358. The van der Waals surface area contributed by atoms with Crippen LogP contribution in [0.4, 0.5) is 0 Å². The van der Waals surface area contributed by atoms with Gasteiger partial charge in [0.2, 0.25) is 5.88 Å². The summed E-state index contributed by atoms with van der Waals surface area (Å²) in [6.07, 6.45) is 1.65. The molecule has 0 radical (unpaired) electrons. The van der Waals surface area contributed by atoms with Gasteiger partial charge in [-0.25, -0.2) is 4.98 Å². The van der Waals surface area contributed by atoms with Crippen molar-refractivity contribution in [3.63, 3.8) is 0 Å². The van der Waals surface area contributed by atoms with Crippen LogP contribution in [-0.4, -0.2) is 4.98 Å². The largest absolute Gasteiger partial charge is 0.436 e. The van der Waals surface area contributed by atoms with E-state index in [-0.39, 0.29) is 0 Å². The second kappa shape index (κ2) is 6.02. The quantitative estimate of drug-likeness (QED) is 0.836. The van der Waals surface area contributed by atoms with Gasteiger partial charge >= 0.3 is 0 Å². The predicted molar refractivity (Wildman–Crippen MR) is 79.1 cm³/mol. The van der Waals surface area contributed by atoms with E-state index in [4.69, 9.17) is 22.1 Å². The van der Waals surface area contributed by atoms with Crippen LogP contribution >= 0.6 is 43.5 Å². The van der Waals surface area contributed by atoms with Crippen LogP contribution < -0.4 is 10.5 Å². The van der Waals surface area contributed by atoms with Crippen molar-refractivity contribution in [2.24, 2.45) is 5.73 Å². The van der Waals surface area contributed by atoms with Crippen LogP contribution in [0.25, 0.3) is 0 Å². The van der Waals surface area contributed by atoms with Gasteiger partial charge in [0, 0.05) is 17.2 Å². The molecular formula is C12H9Br2ClN2O. The summed E-state index contributed by atoms with van der Waals surface area (Å²) < 4.78 is 7.42. The summed E-state index contributed by atoms with van der Waals surface area (Å²) in [6.45, 7) is 0.398. The number of pyridine rings is 1. The number of ether oxygens (including phenoxy) is 1. The van der Waals surface area contributed by atoms with Gasteiger partial charge in [-0.15, -0.1) is 0 Å². The smallest absolute Gasteiger partial charge is 0.238 e. The Balaban J connectivity index is 2.28. The van der Waals surface area contributed by atoms with Crippen molar-refractivity contribution in [3.8, 4) is 11.6 Å². The molecule has 0 aliphatic carbocycles. The third-order valence-corrected chi connectivity index (χ3v) is 3.58. The molecule has 1 aromatic carbocycles. The maximum atomic E-state index is 6.07. The summed E-state index contributed by atoms with van der Waals surface area (Å²) in [5, 5.41) is 0.438. The van der Waals surface area contributed by atoms with Crippen LogP contribution in [0.15, 0.2) is 39.4 Å². The van der Waals surface area contributed by atoms with Gasteiger partial charge in [-0.3, -0.25) is 0 Å². The summed E-state index contributed by atoms with van der Waals surface area (Å²) in [6, 6.07) is 7.33. The van der Waals surface area contributed by atoms with Gasteiger partial charge in [-0.1, -0.05) is 27.5 Å². The lowest BCUT2D eigenvalue weighted by molar-refractivity contribution is 0.460. The Labute approximate surface area is 127 Å². The zero-order valence-electron chi connectivity index (χ0n) is 9.16. The van der Waals surface area contributed by atoms with Gasteiger partial charge in [0.05, 0.1) is 4.47 Å². The van der Waals surface area contributed by atoms with Crippen molar-refractivity contribution in [1.29, 1.82) is 0 Å². The molecule has 2 rings (SSSR count). The van der Waals surface area contributed by atoms with Crippen molar-refractivity contribution >= 4 is 43.5 Å². The Morgan fingerprint density at radius 2 is 2.06 bits per heavy atom. The highest BCUT2D eigenvalue weighted by Crippen LogP contribution is 2.34. The van der Waals surface area contributed by atoms with Crippen molar-refractivity contribution in [1.82, 2.24) is 4.98 Å². The minimum Gasteiger partial charge on any atom is -0.436 e. The first-order valence-electron chi connectivity index (χ1n) is 5.07. The number of hydrogen-bond acceptors (Lipinski definition) is 3. The molecule has 0 saturated heterocycles. The standard InChI is InChI=1S/C12H9Br2ClN2O/c13-8-1-2-11(9(14)4-8)18-12-10(15)3-7(5-16)6-17-12/h1-4,6H,5,16H2. The molecule has 0 spiro atoms. The Bertz CT molecular complexity index is 578. The number of rotatable bonds is 3. The maximum absolute atomic E-state index is 6.07. The summed E-state index contributed by atoms with van der Waals surface area (Å²) in [4.78, 5) is 4.14. The molecule has 1 heterocycles. The molecule has 0 bridgehead atoms. The van der Waals surface area contributed by atoms with E-state index in [1.54, 1.807) is 12.3 Å². The predicted octanol–water partition coefficient (Wildman–Crippen LogP) is 4.51. The lowest BCUT2D eigenvalue weighted by Gasteiger charge is -2.09. The molecular weight excluding hydrogens is 383 g/mol. The summed E-state index contributed by atoms with van der Waals surface area (Å²) >= 11 is 12.9. The van der Waals surface area contributed by atoms with Gasteiger partial charge in [-0.05, 0) is 45.8 Å². The SMILES string of the molecule is NCc1cnc(Oc2ccc(Br)cc2Br)c(Cl)c1. The topological polar surface area (TPSA) is 48.1 Å². The highest BCUT2D eigenvalue weighted by Gasteiger charge is 2.08. The molecule has 0 unspecified atom stereocenters. The molecule has 0 saturated carbocycles. The first kappa shape index (κ1) is 13.8. The maximum Gasteiger partial charge on any atom is 0.238 e. The van der Waals surface area contributed by atoms with Gasteiger partial charge in [-0.2, -0.15) is 0 Å². The van der Waals surface area contributed by atoms with Crippen LogP contribution in [0.2, 0.25) is 5.02 Å². The van der Waals surface area contributed by atoms with Crippen LogP contribution in [0, 0.1) is 0 Å². The van der Waals surface area contributed by atoms with E-state index in [2.05, 4.69) is 36.8 Å². The summed E-state index contributed by atoms with van der Waals surface area (Å²) in [5.74, 6) is 1.00. The van der Waals surface area contributed by atoms with Crippen molar-refractivity contribution in [3.05, 3.63) is 50.0 Å².